The van der Waals surface area contributed by atoms with Crippen molar-refractivity contribution >= 4 is 6.72 Å². The maximum atomic E-state index is 12.5. The van der Waals surface area contributed by atoms with Crippen LogP contribution in [-0.4, -0.2) is 31.9 Å². The standard InChI is InChI=1S/C9H13F3N2/c1-5-6-7(9(10,11)12)8(13-2)14(3)4/h5-6H,2H2,1,3-4H3/b6-5?,8-7+. The van der Waals surface area contributed by atoms with Gasteiger partial charge in [-0.15, -0.1) is 0 Å². The summed E-state index contributed by atoms with van der Waals surface area (Å²) in [6.07, 6.45) is -2.12. The molecule has 0 aliphatic rings. The van der Waals surface area contributed by atoms with Crippen molar-refractivity contribution in [2.75, 3.05) is 14.1 Å². The Morgan fingerprint density at radius 1 is 1.36 bits per heavy atom. The number of nitrogens with zero attached hydrogens (tertiary/aromatic N) is 2. The first-order valence-electron chi connectivity index (χ1n) is 3.92. The molecule has 0 aliphatic carbocycles. The van der Waals surface area contributed by atoms with E-state index >= 15 is 0 Å². The van der Waals surface area contributed by atoms with Crippen molar-refractivity contribution in [3.8, 4) is 0 Å². The second-order valence-corrected chi connectivity index (χ2v) is 2.79. The molecule has 0 amide bonds. The highest BCUT2D eigenvalue weighted by atomic mass is 19.4. The summed E-state index contributed by atoms with van der Waals surface area (Å²) in [6, 6.07) is 0. The number of hydrogen-bond acceptors (Lipinski definition) is 2. The van der Waals surface area contributed by atoms with Gasteiger partial charge in [0.1, 0.15) is 5.82 Å². The van der Waals surface area contributed by atoms with Gasteiger partial charge in [0.05, 0.1) is 5.57 Å². The lowest BCUT2D eigenvalue weighted by atomic mass is 10.2. The fourth-order valence-corrected chi connectivity index (χ4v) is 0.930. The van der Waals surface area contributed by atoms with Crippen molar-refractivity contribution in [2.45, 2.75) is 13.1 Å². The van der Waals surface area contributed by atoms with Crippen LogP contribution in [0.2, 0.25) is 0 Å². The molecular weight excluding hydrogens is 193 g/mol. The van der Waals surface area contributed by atoms with E-state index in [1.54, 1.807) is 0 Å². The Balaban J connectivity index is 5.44. The minimum atomic E-state index is -4.41. The molecule has 0 radical (unpaired) electrons. The second kappa shape index (κ2) is 4.83. The summed E-state index contributed by atoms with van der Waals surface area (Å²) in [5, 5.41) is 0. The van der Waals surface area contributed by atoms with Crippen molar-refractivity contribution in [1.29, 1.82) is 0 Å². The molecule has 0 aromatic carbocycles. The molecule has 0 aromatic rings. The van der Waals surface area contributed by atoms with Gasteiger partial charge in [-0.05, 0) is 13.6 Å². The van der Waals surface area contributed by atoms with Gasteiger partial charge in [-0.1, -0.05) is 12.2 Å². The van der Waals surface area contributed by atoms with Crippen LogP contribution in [0.4, 0.5) is 13.2 Å². The molecule has 0 aromatic heterocycles. The summed E-state index contributed by atoms with van der Waals surface area (Å²) >= 11 is 0. The summed E-state index contributed by atoms with van der Waals surface area (Å²) in [4.78, 5) is 4.63. The fraction of sp³-hybridized carbons (Fsp3) is 0.444. The maximum absolute atomic E-state index is 12.5. The van der Waals surface area contributed by atoms with Gasteiger partial charge >= 0.3 is 6.18 Å². The van der Waals surface area contributed by atoms with Crippen LogP contribution in [0.5, 0.6) is 0 Å². The predicted octanol–water partition coefficient (Wildman–Crippen LogP) is 2.60. The van der Waals surface area contributed by atoms with Crippen molar-refractivity contribution < 1.29 is 13.2 Å². The molecule has 0 saturated carbocycles. The normalized spacial score (nSPS) is 14.1. The summed E-state index contributed by atoms with van der Waals surface area (Å²) < 4.78 is 37.4. The zero-order valence-electron chi connectivity index (χ0n) is 8.39. The van der Waals surface area contributed by atoms with Crippen molar-refractivity contribution in [3.05, 3.63) is 23.5 Å². The molecule has 0 atom stereocenters. The van der Waals surface area contributed by atoms with Crippen molar-refractivity contribution in [2.24, 2.45) is 4.99 Å². The van der Waals surface area contributed by atoms with Crippen LogP contribution < -0.4 is 0 Å². The monoisotopic (exact) mass is 206 g/mol. The smallest absolute Gasteiger partial charge is 0.362 e. The van der Waals surface area contributed by atoms with Crippen LogP contribution in [-0.2, 0) is 0 Å². The Morgan fingerprint density at radius 3 is 2.07 bits per heavy atom. The second-order valence-electron chi connectivity index (χ2n) is 2.79. The molecule has 2 nitrogen and oxygen atoms in total. The van der Waals surface area contributed by atoms with Gasteiger partial charge in [0.2, 0.25) is 0 Å². The van der Waals surface area contributed by atoms with Gasteiger partial charge in [-0.2, -0.15) is 13.2 Å². The van der Waals surface area contributed by atoms with Gasteiger partial charge in [0.25, 0.3) is 0 Å². The van der Waals surface area contributed by atoms with Crippen LogP contribution in [0.1, 0.15) is 6.92 Å². The first-order chi connectivity index (χ1) is 6.34. The minimum absolute atomic E-state index is 0.185. The molecule has 0 aliphatic heterocycles. The van der Waals surface area contributed by atoms with Gasteiger partial charge in [-0.3, -0.25) is 0 Å². The van der Waals surface area contributed by atoms with Gasteiger partial charge < -0.3 is 4.90 Å². The lowest BCUT2D eigenvalue weighted by molar-refractivity contribution is -0.0900. The largest absolute Gasteiger partial charge is 0.419 e. The number of halogens is 3. The molecule has 0 saturated heterocycles. The summed E-state index contributed by atoms with van der Waals surface area (Å²) in [5.74, 6) is -0.185. The molecule has 80 valence electrons. The predicted molar refractivity (Wildman–Crippen MR) is 51.1 cm³/mol. The van der Waals surface area contributed by atoms with Crippen LogP contribution in [0.3, 0.4) is 0 Å². The van der Waals surface area contributed by atoms with Gasteiger partial charge in [0.15, 0.2) is 0 Å². The van der Waals surface area contributed by atoms with Crippen molar-refractivity contribution in [3.63, 3.8) is 0 Å². The van der Waals surface area contributed by atoms with E-state index in [0.29, 0.717) is 0 Å². The number of aliphatic imine (C=N–C) groups is 1. The van der Waals surface area contributed by atoms with Crippen LogP contribution in [0.15, 0.2) is 28.5 Å². The molecule has 0 heterocycles. The van der Waals surface area contributed by atoms with E-state index in [-0.39, 0.29) is 5.82 Å². The number of allylic oxidation sites excluding steroid dienone is 3. The van der Waals surface area contributed by atoms with E-state index in [1.807, 2.05) is 0 Å². The van der Waals surface area contributed by atoms with E-state index < -0.39 is 11.7 Å². The summed E-state index contributed by atoms with van der Waals surface area (Å²) in [7, 11) is 2.97. The van der Waals surface area contributed by atoms with E-state index in [9.17, 15) is 13.2 Å². The third kappa shape index (κ3) is 3.24. The fourth-order valence-electron chi connectivity index (χ4n) is 0.930. The lowest BCUT2D eigenvalue weighted by Gasteiger charge is -2.17. The summed E-state index contributed by atoms with van der Waals surface area (Å²) in [6.45, 7) is 4.63. The molecular formula is C9H13F3N2. The Bertz CT molecular complexity index is 262. The molecule has 14 heavy (non-hydrogen) atoms. The third-order valence-electron chi connectivity index (χ3n) is 1.45. The summed E-state index contributed by atoms with van der Waals surface area (Å²) in [5.41, 5.74) is -0.792. The zero-order valence-corrected chi connectivity index (χ0v) is 8.39. The highest BCUT2D eigenvalue weighted by Gasteiger charge is 2.35. The SMILES string of the molecule is C=N/C(=C(/C=CC)C(F)(F)F)N(C)C. The highest BCUT2D eigenvalue weighted by Crippen LogP contribution is 2.30. The number of alkyl halides is 3. The lowest BCUT2D eigenvalue weighted by Crippen LogP contribution is -2.19. The Labute approximate surface area is 81.4 Å². The average molecular weight is 206 g/mol. The molecule has 0 spiro atoms. The molecule has 0 unspecified atom stereocenters. The van der Waals surface area contributed by atoms with E-state index in [2.05, 4.69) is 11.7 Å². The van der Waals surface area contributed by atoms with Crippen LogP contribution >= 0.6 is 0 Å². The van der Waals surface area contributed by atoms with E-state index in [0.717, 1.165) is 6.08 Å². The molecule has 0 N–H and O–H groups in total. The molecule has 0 rings (SSSR count). The Hall–Kier alpha value is -1.26. The molecule has 5 heteroatoms. The quantitative estimate of drug-likeness (QED) is 0.512. The Kier molecular flexibility index (Phi) is 4.40. The molecule has 0 fully saturated rings. The number of hydrogen-bond donors (Lipinski definition) is 0. The highest BCUT2D eigenvalue weighted by molar-refractivity contribution is 5.35. The topological polar surface area (TPSA) is 15.6 Å². The maximum Gasteiger partial charge on any atom is 0.419 e. The average Bonchev–Trinajstić information content (AvgIpc) is 2.02. The first kappa shape index (κ1) is 12.7. The third-order valence-corrected chi connectivity index (χ3v) is 1.45. The Morgan fingerprint density at radius 2 is 1.86 bits per heavy atom. The first-order valence-corrected chi connectivity index (χ1v) is 3.92. The van der Waals surface area contributed by atoms with Gasteiger partial charge in [-0.25, -0.2) is 4.99 Å². The van der Waals surface area contributed by atoms with Crippen LogP contribution in [0, 0.1) is 0 Å². The molecule has 0 bridgehead atoms. The van der Waals surface area contributed by atoms with Crippen LogP contribution in [0.25, 0.3) is 0 Å². The van der Waals surface area contributed by atoms with Crippen molar-refractivity contribution in [1.82, 2.24) is 4.90 Å². The zero-order chi connectivity index (χ0) is 11.4. The van der Waals surface area contributed by atoms with E-state index in [4.69, 9.17) is 0 Å². The van der Waals surface area contributed by atoms with E-state index in [1.165, 1.54) is 32.0 Å². The minimum Gasteiger partial charge on any atom is -0.362 e. The van der Waals surface area contributed by atoms with Gasteiger partial charge in [0, 0.05) is 14.1 Å². The number of rotatable bonds is 3.